The maximum atomic E-state index is 13.0. The second kappa shape index (κ2) is 10.8. The molecule has 0 spiro atoms. The van der Waals surface area contributed by atoms with Gasteiger partial charge in [-0.2, -0.15) is 0 Å². The van der Waals surface area contributed by atoms with Crippen LogP contribution >= 0.6 is 0 Å². The number of nitrogens with one attached hydrogen (secondary N) is 2. The number of hydrogen-bond donors (Lipinski definition) is 3. The van der Waals surface area contributed by atoms with Gasteiger partial charge in [-0.1, -0.05) is 61.9 Å². The van der Waals surface area contributed by atoms with Crippen LogP contribution < -0.4 is 10.6 Å². The number of anilines is 1. The van der Waals surface area contributed by atoms with Crippen molar-refractivity contribution in [2.24, 2.45) is 5.92 Å². The number of para-hydroxylation sites is 1. The van der Waals surface area contributed by atoms with Crippen molar-refractivity contribution in [1.29, 1.82) is 0 Å². The molecular formula is C27H31N3O3. The number of benzene rings is 2. The van der Waals surface area contributed by atoms with Crippen molar-refractivity contribution < 1.29 is 14.7 Å². The molecule has 1 aromatic heterocycles. The zero-order chi connectivity index (χ0) is 24.0. The first-order valence-electron chi connectivity index (χ1n) is 11.1. The normalized spacial score (nSPS) is 10.8. The van der Waals surface area contributed by atoms with Gasteiger partial charge < -0.3 is 15.7 Å². The van der Waals surface area contributed by atoms with Gasteiger partial charge in [-0.25, -0.2) is 4.79 Å². The number of hydrogen-bond acceptors (Lipinski definition) is 3. The Morgan fingerprint density at radius 3 is 2.24 bits per heavy atom. The molecule has 0 saturated carbocycles. The fourth-order valence-electron chi connectivity index (χ4n) is 3.93. The fraction of sp³-hybridized carbons (Fsp3) is 0.296. The van der Waals surface area contributed by atoms with Crippen molar-refractivity contribution in [3.05, 3.63) is 82.7 Å². The average molecular weight is 446 g/mol. The number of carboxylic acid groups (broad SMARTS) is 1. The maximum absolute atomic E-state index is 13.0. The molecule has 172 valence electrons. The van der Waals surface area contributed by atoms with Crippen molar-refractivity contribution in [3.8, 4) is 11.1 Å². The van der Waals surface area contributed by atoms with Crippen molar-refractivity contribution in [3.63, 3.8) is 0 Å². The van der Waals surface area contributed by atoms with Gasteiger partial charge >= 0.3 is 6.09 Å². The molecule has 0 aliphatic rings. The number of rotatable bonds is 8. The second-order valence-electron chi connectivity index (χ2n) is 8.69. The third kappa shape index (κ3) is 6.42. The molecule has 3 aromatic rings. The Morgan fingerprint density at radius 2 is 1.64 bits per heavy atom. The predicted molar refractivity (Wildman–Crippen MR) is 131 cm³/mol. The highest BCUT2D eigenvalue weighted by atomic mass is 16.4. The minimum Gasteiger partial charge on any atom is -0.465 e. The molecule has 0 saturated heterocycles. The molecule has 6 nitrogen and oxygen atoms in total. The monoisotopic (exact) mass is 445 g/mol. The van der Waals surface area contributed by atoms with Crippen LogP contribution in [-0.2, 0) is 24.2 Å². The van der Waals surface area contributed by atoms with E-state index in [1.807, 2.05) is 68.4 Å². The van der Waals surface area contributed by atoms with Gasteiger partial charge in [0.1, 0.15) is 0 Å². The molecule has 2 amide bonds. The van der Waals surface area contributed by atoms with Gasteiger partial charge in [0.2, 0.25) is 5.91 Å². The minimum atomic E-state index is -1.09. The molecule has 6 heteroatoms. The molecule has 0 aliphatic carbocycles. The van der Waals surface area contributed by atoms with Crippen LogP contribution in [0.2, 0.25) is 0 Å². The topological polar surface area (TPSA) is 91.3 Å². The third-order valence-electron chi connectivity index (χ3n) is 5.44. The molecule has 3 rings (SSSR count). The number of nitrogens with zero attached hydrogens (tertiary/aromatic N) is 1. The van der Waals surface area contributed by atoms with Gasteiger partial charge in [-0.15, -0.1) is 0 Å². The standard InChI is InChI=1S/C27H31N3O3/c1-17(2)14-24-23(16-28-27(32)33)26(20-12-10-18(3)11-13-20)22(19(4)29-24)15-25(31)30-21-8-6-5-7-9-21/h5-13,17,28H,14-16H2,1-4H3,(H,30,31)(H,32,33). The van der Waals surface area contributed by atoms with Crippen molar-refractivity contribution in [1.82, 2.24) is 10.3 Å². The molecule has 0 radical (unpaired) electrons. The number of carbonyl (C=O) groups is 2. The van der Waals surface area contributed by atoms with Crippen LogP contribution in [0, 0.1) is 19.8 Å². The summed E-state index contributed by atoms with van der Waals surface area (Å²) in [4.78, 5) is 29.1. The van der Waals surface area contributed by atoms with Gasteiger partial charge in [0.05, 0.1) is 6.42 Å². The van der Waals surface area contributed by atoms with Gasteiger partial charge in [0.25, 0.3) is 0 Å². The summed E-state index contributed by atoms with van der Waals surface area (Å²) < 4.78 is 0. The summed E-state index contributed by atoms with van der Waals surface area (Å²) in [5.41, 5.74) is 6.96. The smallest absolute Gasteiger partial charge is 0.404 e. The molecule has 0 bridgehead atoms. The predicted octanol–water partition coefficient (Wildman–Crippen LogP) is 5.51. The first-order valence-corrected chi connectivity index (χ1v) is 11.1. The third-order valence-corrected chi connectivity index (χ3v) is 5.44. The molecule has 0 unspecified atom stereocenters. The van der Waals surface area contributed by atoms with Crippen molar-refractivity contribution >= 4 is 17.7 Å². The molecule has 33 heavy (non-hydrogen) atoms. The minimum absolute atomic E-state index is 0.126. The highest BCUT2D eigenvalue weighted by Gasteiger charge is 2.22. The Kier molecular flexibility index (Phi) is 7.83. The summed E-state index contributed by atoms with van der Waals surface area (Å²) in [6.07, 6.45) is -0.240. The lowest BCUT2D eigenvalue weighted by Gasteiger charge is -2.22. The zero-order valence-electron chi connectivity index (χ0n) is 19.6. The van der Waals surface area contributed by atoms with Gasteiger partial charge in [-0.3, -0.25) is 9.78 Å². The highest BCUT2D eigenvalue weighted by Crippen LogP contribution is 2.33. The largest absolute Gasteiger partial charge is 0.465 e. The molecule has 0 atom stereocenters. The Morgan fingerprint density at radius 1 is 0.970 bits per heavy atom. The highest BCUT2D eigenvalue weighted by molar-refractivity contribution is 5.94. The van der Waals surface area contributed by atoms with Crippen LogP contribution in [0.15, 0.2) is 54.6 Å². The average Bonchev–Trinajstić information content (AvgIpc) is 2.75. The fourth-order valence-corrected chi connectivity index (χ4v) is 3.93. The van der Waals surface area contributed by atoms with E-state index < -0.39 is 6.09 Å². The lowest BCUT2D eigenvalue weighted by atomic mass is 9.88. The molecule has 2 aromatic carbocycles. The van der Waals surface area contributed by atoms with E-state index >= 15 is 0 Å². The zero-order valence-corrected chi connectivity index (χ0v) is 19.6. The summed E-state index contributed by atoms with van der Waals surface area (Å²) in [5.74, 6) is 0.201. The maximum Gasteiger partial charge on any atom is 0.404 e. The summed E-state index contributed by atoms with van der Waals surface area (Å²) in [6, 6.07) is 17.4. The van der Waals surface area contributed by atoms with E-state index in [4.69, 9.17) is 4.98 Å². The van der Waals surface area contributed by atoms with E-state index in [1.165, 1.54) is 0 Å². The molecule has 1 heterocycles. The number of aromatic nitrogens is 1. The number of carbonyl (C=O) groups excluding carboxylic acids is 1. The van der Waals surface area contributed by atoms with Gasteiger partial charge in [-0.05, 0) is 55.0 Å². The molecular weight excluding hydrogens is 414 g/mol. The Labute approximate surface area is 195 Å². The van der Waals surface area contributed by atoms with E-state index in [0.29, 0.717) is 12.3 Å². The molecule has 0 fully saturated rings. The Bertz CT molecular complexity index is 1120. The van der Waals surface area contributed by atoms with E-state index in [0.717, 1.165) is 44.9 Å². The summed E-state index contributed by atoms with van der Waals surface area (Å²) in [5, 5.41) is 14.7. The summed E-state index contributed by atoms with van der Waals surface area (Å²) in [7, 11) is 0. The SMILES string of the molecule is Cc1ccc(-c2c(CC(=O)Nc3ccccc3)c(C)nc(CC(C)C)c2CNC(=O)O)cc1. The second-order valence-corrected chi connectivity index (χ2v) is 8.69. The van der Waals surface area contributed by atoms with Crippen LogP contribution in [0.3, 0.4) is 0 Å². The van der Waals surface area contributed by atoms with Gasteiger partial charge in [0, 0.05) is 29.2 Å². The van der Waals surface area contributed by atoms with Crippen LogP contribution in [-0.4, -0.2) is 22.1 Å². The van der Waals surface area contributed by atoms with Crippen LogP contribution in [0.4, 0.5) is 10.5 Å². The first kappa shape index (κ1) is 24.0. The molecule has 3 N–H and O–H groups in total. The van der Waals surface area contributed by atoms with E-state index in [2.05, 4.69) is 24.5 Å². The van der Waals surface area contributed by atoms with Gasteiger partial charge in [0.15, 0.2) is 0 Å². The van der Waals surface area contributed by atoms with E-state index in [1.54, 1.807) is 0 Å². The quantitative estimate of drug-likeness (QED) is 0.426. The first-order chi connectivity index (χ1) is 15.7. The van der Waals surface area contributed by atoms with Crippen LogP contribution in [0.5, 0.6) is 0 Å². The lowest BCUT2D eigenvalue weighted by Crippen LogP contribution is -2.24. The Hall–Kier alpha value is -3.67. The van der Waals surface area contributed by atoms with E-state index in [-0.39, 0.29) is 18.9 Å². The van der Waals surface area contributed by atoms with Crippen molar-refractivity contribution in [2.45, 2.75) is 47.1 Å². The summed E-state index contributed by atoms with van der Waals surface area (Å²) >= 11 is 0. The van der Waals surface area contributed by atoms with Crippen LogP contribution in [0.25, 0.3) is 11.1 Å². The van der Waals surface area contributed by atoms with E-state index in [9.17, 15) is 14.7 Å². The number of aryl methyl sites for hydroxylation is 2. The Balaban J connectivity index is 2.13. The number of pyridine rings is 1. The number of amides is 2. The summed E-state index contributed by atoms with van der Waals surface area (Å²) in [6.45, 7) is 8.28. The van der Waals surface area contributed by atoms with Crippen molar-refractivity contribution in [2.75, 3.05) is 5.32 Å². The van der Waals surface area contributed by atoms with Crippen LogP contribution in [0.1, 0.15) is 41.9 Å². The lowest BCUT2D eigenvalue weighted by molar-refractivity contribution is -0.115. The molecule has 0 aliphatic heterocycles.